The zero-order valence-electron chi connectivity index (χ0n) is 16.9. The van der Waals surface area contributed by atoms with Gasteiger partial charge in [0.05, 0.1) is 16.9 Å². The number of ether oxygens (including phenoxy) is 1. The minimum Gasteiger partial charge on any atom is -0.452 e. The summed E-state index contributed by atoms with van der Waals surface area (Å²) < 4.78 is 19.0. The van der Waals surface area contributed by atoms with Gasteiger partial charge in [-0.1, -0.05) is 36.4 Å². The van der Waals surface area contributed by atoms with Crippen LogP contribution in [-0.4, -0.2) is 54.5 Å². The van der Waals surface area contributed by atoms with Crippen LogP contribution in [0.25, 0.3) is 17.0 Å². The van der Waals surface area contributed by atoms with Crippen LogP contribution in [-0.2, 0) is 14.3 Å². The molecule has 1 aromatic heterocycles. The lowest BCUT2D eigenvalue weighted by atomic mass is 10.2. The minimum absolute atomic E-state index is 0.265. The summed E-state index contributed by atoms with van der Waals surface area (Å²) in [5, 5.41) is 1.02. The van der Waals surface area contributed by atoms with Crippen LogP contribution in [0.5, 0.6) is 0 Å². The number of carbonyl (C=O) groups excluding carboxylic acids is 2. The molecule has 3 aromatic rings. The maximum absolute atomic E-state index is 13.9. The molecule has 2 aromatic carbocycles. The van der Waals surface area contributed by atoms with E-state index in [9.17, 15) is 14.0 Å². The van der Waals surface area contributed by atoms with Crippen LogP contribution in [0.4, 0.5) is 10.1 Å². The molecule has 0 unspecified atom stereocenters. The Kier molecular flexibility index (Phi) is 6.21. The fourth-order valence-corrected chi connectivity index (χ4v) is 3.51. The minimum atomic E-state index is -0.603. The molecule has 0 aliphatic carbocycles. The molecule has 0 radical (unpaired) electrons. The van der Waals surface area contributed by atoms with Crippen LogP contribution < -0.4 is 4.90 Å². The van der Waals surface area contributed by atoms with Crippen LogP contribution in [0.2, 0.25) is 0 Å². The van der Waals surface area contributed by atoms with Crippen molar-refractivity contribution < 1.29 is 18.7 Å². The van der Waals surface area contributed by atoms with E-state index in [4.69, 9.17) is 4.74 Å². The second-order valence-electron chi connectivity index (χ2n) is 7.19. The number of para-hydroxylation sites is 2. The van der Waals surface area contributed by atoms with E-state index in [2.05, 4.69) is 4.98 Å². The number of aromatic nitrogens is 1. The van der Waals surface area contributed by atoms with Crippen LogP contribution in [0, 0.1) is 5.82 Å². The highest BCUT2D eigenvalue weighted by Gasteiger charge is 2.23. The normalized spacial score (nSPS) is 14.2. The van der Waals surface area contributed by atoms with Gasteiger partial charge >= 0.3 is 5.97 Å². The molecule has 0 spiro atoms. The van der Waals surface area contributed by atoms with Crippen molar-refractivity contribution in [3.63, 3.8) is 0 Å². The van der Waals surface area contributed by atoms with E-state index in [1.807, 2.05) is 41.3 Å². The second-order valence-corrected chi connectivity index (χ2v) is 7.19. The first kappa shape index (κ1) is 20.5. The van der Waals surface area contributed by atoms with Gasteiger partial charge in [-0.3, -0.25) is 4.79 Å². The van der Waals surface area contributed by atoms with Crippen LogP contribution >= 0.6 is 0 Å². The van der Waals surface area contributed by atoms with Gasteiger partial charge in [0.15, 0.2) is 6.61 Å². The van der Waals surface area contributed by atoms with Gasteiger partial charge in [0.2, 0.25) is 0 Å². The summed E-state index contributed by atoms with van der Waals surface area (Å²) in [6.45, 7) is 1.61. The number of fused-ring (bicyclic) bond motifs is 1. The molecule has 1 saturated heterocycles. The van der Waals surface area contributed by atoms with Gasteiger partial charge in [0.1, 0.15) is 5.82 Å². The monoisotopic (exact) mass is 419 g/mol. The molecule has 0 N–H and O–H groups in total. The number of hydrogen-bond donors (Lipinski definition) is 0. The summed E-state index contributed by atoms with van der Waals surface area (Å²) in [5.41, 5.74) is 2.00. The fourth-order valence-electron chi connectivity index (χ4n) is 3.51. The molecule has 6 nitrogen and oxygen atoms in total. The van der Waals surface area contributed by atoms with Crippen molar-refractivity contribution >= 4 is 34.5 Å². The highest BCUT2D eigenvalue weighted by Crippen LogP contribution is 2.20. The van der Waals surface area contributed by atoms with Crippen LogP contribution in [0.3, 0.4) is 0 Å². The van der Waals surface area contributed by atoms with Gasteiger partial charge in [-0.05, 0) is 30.3 Å². The predicted octanol–water partition coefficient (Wildman–Crippen LogP) is 3.28. The van der Waals surface area contributed by atoms with Gasteiger partial charge in [-0.2, -0.15) is 0 Å². The quantitative estimate of drug-likeness (QED) is 0.469. The molecule has 31 heavy (non-hydrogen) atoms. The average molecular weight is 419 g/mol. The topological polar surface area (TPSA) is 62.7 Å². The molecule has 0 saturated carbocycles. The third kappa shape index (κ3) is 5.06. The highest BCUT2D eigenvalue weighted by atomic mass is 19.1. The Morgan fingerprint density at radius 2 is 1.71 bits per heavy atom. The third-order valence-electron chi connectivity index (χ3n) is 5.17. The Balaban J connectivity index is 1.25. The number of esters is 1. The Morgan fingerprint density at radius 3 is 2.52 bits per heavy atom. The van der Waals surface area contributed by atoms with E-state index >= 15 is 0 Å². The van der Waals surface area contributed by atoms with Crippen LogP contribution in [0.1, 0.15) is 5.69 Å². The Hall–Kier alpha value is -3.74. The average Bonchev–Trinajstić information content (AvgIpc) is 2.81. The number of carbonyl (C=O) groups is 2. The van der Waals surface area contributed by atoms with E-state index in [1.165, 1.54) is 12.1 Å². The molecular weight excluding hydrogens is 397 g/mol. The summed E-state index contributed by atoms with van der Waals surface area (Å²) >= 11 is 0. The lowest BCUT2D eigenvalue weighted by Crippen LogP contribution is -2.50. The van der Waals surface area contributed by atoms with Crippen molar-refractivity contribution in [1.82, 2.24) is 9.88 Å². The molecule has 7 heteroatoms. The summed E-state index contributed by atoms with van der Waals surface area (Å²) in [4.78, 5) is 32.3. The number of rotatable bonds is 5. The number of nitrogens with zero attached hydrogens (tertiary/aromatic N) is 3. The number of anilines is 1. The van der Waals surface area contributed by atoms with Crippen molar-refractivity contribution in [3.8, 4) is 0 Å². The van der Waals surface area contributed by atoms with E-state index in [1.54, 1.807) is 29.2 Å². The molecule has 158 valence electrons. The second kappa shape index (κ2) is 9.38. The van der Waals surface area contributed by atoms with Gasteiger partial charge in [0, 0.05) is 37.6 Å². The van der Waals surface area contributed by atoms with Crippen molar-refractivity contribution in [2.45, 2.75) is 0 Å². The number of piperazine rings is 1. The van der Waals surface area contributed by atoms with Crippen molar-refractivity contribution in [2.24, 2.45) is 0 Å². The number of hydrogen-bond acceptors (Lipinski definition) is 5. The van der Waals surface area contributed by atoms with Gasteiger partial charge in [-0.15, -0.1) is 0 Å². The highest BCUT2D eigenvalue weighted by molar-refractivity contribution is 5.89. The third-order valence-corrected chi connectivity index (χ3v) is 5.17. The number of pyridine rings is 1. The summed E-state index contributed by atoms with van der Waals surface area (Å²) in [6.07, 6.45) is 2.83. The molecule has 2 heterocycles. The maximum Gasteiger partial charge on any atom is 0.331 e. The van der Waals surface area contributed by atoms with E-state index in [-0.39, 0.29) is 18.3 Å². The molecular formula is C24H22FN3O3. The SMILES string of the molecule is O=C(/C=C/c1ccc2ccccc2n1)OCC(=O)N1CCN(c2ccccc2F)CC1. The zero-order valence-corrected chi connectivity index (χ0v) is 16.9. The first-order chi connectivity index (χ1) is 15.1. The van der Waals surface area contributed by atoms with Gasteiger partial charge in [0.25, 0.3) is 5.91 Å². The van der Waals surface area contributed by atoms with Crippen LogP contribution in [0.15, 0.2) is 66.7 Å². The predicted molar refractivity (Wildman–Crippen MR) is 117 cm³/mol. The Labute approximate surface area is 179 Å². The molecule has 1 fully saturated rings. The Morgan fingerprint density at radius 1 is 0.968 bits per heavy atom. The number of halogens is 1. The van der Waals surface area contributed by atoms with Gasteiger partial charge in [-0.25, -0.2) is 14.2 Å². The van der Waals surface area contributed by atoms with Gasteiger partial charge < -0.3 is 14.5 Å². The summed E-state index contributed by atoms with van der Waals surface area (Å²) in [5.74, 6) is -1.14. The largest absolute Gasteiger partial charge is 0.452 e. The van der Waals surface area contributed by atoms with E-state index in [0.717, 1.165) is 10.9 Å². The smallest absolute Gasteiger partial charge is 0.331 e. The van der Waals surface area contributed by atoms with Crippen molar-refractivity contribution in [2.75, 3.05) is 37.7 Å². The number of benzene rings is 2. The standard InChI is InChI=1S/C24H22FN3O3/c25-20-6-2-4-8-22(20)27-13-15-28(16-14-27)23(29)17-31-24(30)12-11-19-10-9-18-5-1-3-7-21(18)26-19/h1-12H,13-17H2/b12-11+. The summed E-state index contributed by atoms with van der Waals surface area (Å²) in [6, 6.07) is 18.0. The maximum atomic E-state index is 13.9. The van der Waals surface area contributed by atoms with Crippen molar-refractivity contribution in [1.29, 1.82) is 0 Å². The lowest BCUT2D eigenvalue weighted by molar-refractivity contribution is -0.148. The summed E-state index contributed by atoms with van der Waals surface area (Å²) in [7, 11) is 0. The molecule has 1 aliphatic rings. The lowest BCUT2D eigenvalue weighted by Gasteiger charge is -2.36. The zero-order chi connectivity index (χ0) is 21.6. The van der Waals surface area contributed by atoms with E-state index in [0.29, 0.717) is 37.6 Å². The first-order valence-corrected chi connectivity index (χ1v) is 10.1. The Bertz CT molecular complexity index is 1120. The first-order valence-electron chi connectivity index (χ1n) is 10.1. The molecule has 1 amide bonds. The molecule has 0 atom stereocenters. The molecule has 4 rings (SSSR count). The molecule has 0 bridgehead atoms. The fraction of sp³-hybridized carbons (Fsp3) is 0.208. The van der Waals surface area contributed by atoms with Crippen molar-refractivity contribution in [3.05, 3.63) is 78.3 Å². The van der Waals surface area contributed by atoms with E-state index < -0.39 is 5.97 Å². The molecule has 1 aliphatic heterocycles. The number of amides is 1.